The Labute approximate surface area is 99.4 Å². The van der Waals surface area contributed by atoms with E-state index in [2.05, 4.69) is 6.58 Å². The molecule has 0 saturated carbocycles. The zero-order valence-electron chi connectivity index (χ0n) is 9.67. The molecule has 1 amide bonds. The van der Waals surface area contributed by atoms with Gasteiger partial charge in [-0.1, -0.05) is 6.58 Å². The van der Waals surface area contributed by atoms with Crippen molar-refractivity contribution in [2.75, 3.05) is 6.54 Å². The predicted octanol–water partition coefficient (Wildman–Crippen LogP) is 0.102. The van der Waals surface area contributed by atoms with E-state index in [9.17, 15) is 9.59 Å². The third-order valence-electron chi connectivity index (χ3n) is 3.97. The highest BCUT2D eigenvalue weighted by Gasteiger charge is 2.65. The van der Waals surface area contributed by atoms with Crippen LogP contribution in [0.25, 0.3) is 0 Å². The highest BCUT2D eigenvalue weighted by molar-refractivity contribution is 5.85. The zero-order valence-corrected chi connectivity index (χ0v) is 9.67. The Hall–Kier alpha value is -1.36. The molecule has 5 nitrogen and oxygen atoms in total. The average molecular weight is 237 g/mol. The third kappa shape index (κ3) is 1.29. The molecule has 3 fully saturated rings. The lowest BCUT2D eigenvalue weighted by Gasteiger charge is -2.28. The number of hydrogen-bond acceptors (Lipinski definition) is 4. The van der Waals surface area contributed by atoms with Crippen molar-refractivity contribution < 1.29 is 19.1 Å². The van der Waals surface area contributed by atoms with E-state index in [1.165, 1.54) is 0 Å². The summed E-state index contributed by atoms with van der Waals surface area (Å²) in [7, 11) is 0. The molecule has 17 heavy (non-hydrogen) atoms. The van der Waals surface area contributed by atoms with E-state index in [1.807, 2.05) is 6.92 Å². The van der Waals surface area contributed by atoms with Gasteiger partial charge in [0.25, 0.3) is 0 Å². The monoisotopic (exact) mass is 237 g/mol. The Balaban J connectivity index is 1.86. The SMILES string of the molecule is C=CC(=O)OC1C2CC3C(=O)N(CC)C1C3O2. The van der Waals surface area contributed by atoms with Gasteiger partial charge < -0.3 is 14.4 Å². The van der Waals surface area contributed by atoms with Gasteiger partial charge in [0.15, 0.2) is 6.10 Å². The van der Waals surface area contributed by atoms with E-state index in [0.29, 0.717) is 13.0 Å². The lowest BCUT2D eigenvalue weighted by molar-refractivity contribution is -0.148. The molecule has 0 aliphatic carbocycles. The third-order valence-corrected chi connectivity index (χ3v) is 3.97. The van der Waals surface area contributed by atoms with Crippen molar-refractivity contribution in [1.29, 1.82) is 0 Å². The molecule has 3 aliphatic rings. The van der Waals surface area contributed by atoms with Crippen molar-refractivity contribution in [3.63, 3.8) is 0 Å². The van der Waals surface area contributed by atoms with Crippen LogP contribution in [0.1, 0.15) is 13.3 Å². The molecule has 3 saturated heterocycles. The van der Waals surface area contributed by atoms with Crippen LogP contribution in [0.2, 0.25) is 0 Å². The smallest absolute Gasteiger partial charge is 0.330 e. The fourth-order valence-corrected chi connectivity index (χ4v) is 3.32. The highest BCUT2D eigenvalue weighted by Crippen LogP contribution is 2.48. The maximum absolute atomic E-state index is 12.0. The van der Waals surface area contributed by atoms with Crippen molar-refractivity contribution in [1.82, 2.24) is 4.90 Å². The molecule has 5 atom stereocenters. The number of likely N-dealkylation sites (tertiary alicyclic amines) is 1. The summed E-state index contributed by atoms with van der Waals surface area (Å²) in [6, 6.07) is -0.0971. The van der Waals surface area contributed by atoms with Crippen molar-refractivity contribution in [2.24, 2.45) is 5.92 Å². The lowest BCUT2D eigenvalue weighted by atomic mass is 9.88. The molecule has 3 heterocycles. The summed E-state index contributed by atoms with van der Waals surface area (Å²) in [5.41, 5.74) is 0. The molecule has 0 aromatic rings. The summed E-state index contributed by atoms with van der Waals surface area (Å²) in [4.78, 5) is 25.1. The topological polar surface area (TPSA) is 55.8 Å². The Kier molecular flexibility index (Phi) is 2.26. The molecule has 5 heteroatoms. The van der Waals surface area contributed by atoms with Crippen molar-refractivity contribution in [3.8, 4) is 0 Å². The standard InChI is InChI=1S/C12H15NO4/c1-3-8(14)17-11-7-5-6-10(16-7)9(11)13(4-2)12(6)15/h3,6-7,9-11H,1,4-5H2,2H3. The first-order valence-corrected chi connectivity index (χ1v) is 5.96. The van der Waals surface area contributed by atoms with Gasteiger partial charge >= 0.3 is 5.97 Å². The minimum atomic E-state index is -0.446. The Morgan fingerprint density at radius 3 is 3.12 bits per heavy atom. The number of hydrogen-bond donors (Lipinski definition) is 0. The van der Waals surface area contributed by atoms with E-state index in [-0.39, 0.29) is 36.2 Å². The van der Waals surface area contributed by atoms with Crippen molar-refractivity contribution in [2.45, 2.75) is 37.7 Å². The number of fused-ring (bicyclic) bond motifs is 1. The maximum Gasteiger partial charge on any atom is 0.330 e. The quantitative estimate of drug-likeness (QED) is 0.516. The molecule has 0 aromatic carbocycles. The van der Waals surface area contributed by atoms with Crippen LogP contribution in [0.15, 0.2) is 12.7 Å². The molecule has 0 aromatic heterocycles. The number of likely N-dealkylation sites (N-methyl/N-ethyl adjacent to an activating group) is 1. The first kappa shape index (κ1) is 10.8. The number of amides is 1. The fraction of sp³-hybridized carbons (Fsp3) is 0.667. The van der Waals surface area contributed by atoms with Gasteiger partial charge in [0.1, 0.15) is 0 Å². The van der Waals surface area contributed by atoms with Crippen LogP contribution in [-0.4, -0.2) is 47.7 Å². The second-order valence-corrected chi connectivity index (χ2v) is 4.70. The molecule has 0 radical (unpaired) electrons. The molecule has 92 valence electrons. The molecular formula is C12H15NO4. The van der Waals surface area contributed by atoms with Gasteiger partial charge in [0.2, 0.25) is 5.91 Å². The minimum absolute atomic E-state index is 0.0244. The van der Waals surface area contributed by atoms with E-state index in [0.717, 1.165) is 6.08 Å². The van der Waals surface area contributed by atoms with Crippen LogP contribution in [0.3, 0.4) is 0 Å². The Morgan fingerprint density at radius 1 is 1.71 bits per heavy atom. The average Bonchev–Trinajstić information content (AvgIpc) is 2.92. The van der Waals surface area contributed by atoms with Gasteiger partial charge in [0, 0.05) is 12.6 Å². The largest absolute Gasteiger partial charge is 0.454 e. The number of esters is 1. The van der Waals surface area contributed by atoms with Crippen LogP contribution in [0.5, 0.6) is 0 Å². The second-order valence-electron chi connectivity index (χ2n) is 4.70. The minimum Gasteiger partial charge on any atom is -0.454 e. The van der Waals surface area contributed by atoms with E-state index < -0.39 is 5.97 Å². The van der Waals surface area contributed by atoms with E-state index in [1.54, 1.807) is 4.90 Å². The van der Waals surface area contributed by atoms with Gasteiger partial charge in [-0.2, -0.15) is 0 Å². The second kappa shape index (κ2) is 3.57. The van der Waals surface area contributed by atoms with E-state index in [4.69, 9.17) is 9.47 Å². The molecule has 5 unspecified atom stereocenters. The van der Waals surface area contributed by atoms with Crippen molar-refractivity contribution in [3.05, 3.63) is 12.7 Å². The summed E-state index contributed by atoms with van der Waals surface area (Å²) < 4.78 is 11.1. The summed E-state index contributed by atoms with van der Waals surface area (Å²) in [5.74, 6) is -0.330. The summed E-state index contributed by atoms with van der Waals surface area (Å²) in [6.07, 6.45) is 1.28. The van der Waals surface area contributed by atoms with Crippen LogP contribution in [0, 0.1) is 5.92 Å². The number of rotatable bonds is 3. The molecular weight excluding hydrogens is 222 g/mol. The van der Waals surface area contributed by atoms with Gasteiger partial charge in [-0.3, -0.25) is 4.79 Å². The summed E-state index contributed by atoms with van der Waals surface area (Å²) in [6.45, 7) is 5.95. The number of carbonyl (C=O) groups is 2. The Morgan fingerprint density at radius 2 is 2.47 bits per heavy atom. The van der Waals surface area contributed by atoms with Crippen molar-refractivity contribution >= 4 is 11.9 Å². The first-order chi connectivity index (χ1) is 8.17. The molecule has 2 bridgehead atoms. The predicted molar refractivity (Wildman–Crippen MR) is 58.0 cm³/mol. The number of carbonyl (C=O) groups excluding carboxylic acids is 2. The summed E-state index contributed by atoms with van der Waals surface area (Å²) in [5, 5.41) is 0. The van der Waals surface area contributed by atoms with Crippen LogP contribution in [0.4, 0.5) is 0 Å². The first-order valence-electron chi connectivity index (χ1n) is 5.96. The normalized spacial score (nSPS) is 42.1. The van der Waals surface area contributed by atoms with Gasteiger partial charge in [0.05, 0.1) is 24.2 Å². The molecule has 0 spiro atoms. The maximum atomic E-state index is 12.0. The summed E-state index contributed by atoms with van der Waals surface area (Å²) >= 11 is 0. The highest BCUT2D eigenvalue weighted by atomic mass is 16.6. The molecule has 3 rings (SSSR count). The van der Waals surface area contributed by atoms with Gasteiger partial charge in [-0.25, -0.2) is 4.79 Å². The van der Waals surface area contributed by atoms with Crippen LogP contribution in [-0.2, 0) is 19.1 Å². The zero-order chi connectivity index (χ0) is 12.2. The number of ether oxygens (including phenoxy) is 2. The number of nitrogens with zero attached hydrogens (tertiary/aromatic N) is 1. The van der Waals surface area contributed by atoms with Gasteiger partial charge in [-0.15, -0.1) is 0 Å². The van der Waals surface area contributed by atoms with Gasteiger partial charge in [-0.05, 0) is 13.3 Å². The van der Waals surface area contributed by atoms with E-state index >= 15 is 0 Å². The van der Waals surface area contributed by atoms with Crippen LogP contribution < -0.4 is 0 Å². The molecule has 3 aliphatic heterocycles. The Bertz CT molecular complexity index is 394. The molecule has 0 N–H and O–H groups in total. The fourth-order valence-electron chi connectivity index (χ4n) is 3.32. The lowest BCUT2D eigenvalue weighted by Crippen LogP contribution is -2.46. The van der Waals surface area contributed by atoms with Crippen LogP contribution >= 0.6 is 0 Å².